The molecule has 0 aromatic rings. The average Bonchev–Trinajstić information content (AvgIpc) is 2.96. The lowest BCUT2D eigenvalue weighted by atomic mass is 10.0. The van der Waals surface area contributed by atoms with Gasteiger partial charge in [0.05, 0.1) is 0 Å². The summed E-state index contributed by atoms with van der Waals surface area (Å²) in [6.45, 7) is 5.17. The first-order chi connectivity index (χ1) is 7.88. The Kier molecular flexibility index (Phi) is 4.51. The number of carbonyl (C=O) groups is 2. The molecule has 0 atom stereocenters. The van der Waals surface area contributed by atoms with Gasteiger partial charge in [0.1, 0.15) is 5.41 Å². The molecule has 0 aliphatic heterocycles. The molecule has 1 fully saturated rings. The predicted molar refractivity (Wildman–Crippen MR) is 66.5 cm³/mol. The molecule has 1 aliphatic rings. The molecule has 0 saturated heterocycles. The number of amides is 2. The van der Waals surface area contributed by atoms with Crippen molar-refractivity contribution in [3.05, 3.63) is 0 Å². The van der Waals surface area contributed by atoms with E-state index < -0.39 is 5.41 Å². The number of nitrogens with zero attached hydrogens (tertiary/aromatic N) is 1. The van der Waals surface area contributed by atoms with E-state index in [0.29, 0.717) is 19.4 Å². The van der Waals surface area contributed by atoms with Crippen LogP contribution in [0.4, 0.5) is 0 Å². The summed E-state index contributed by atoms with van der Waals surface area (Å²) in [6, 6.07) is 0.0783. The third-order valence-corrected chi connectivity index (χ3v) is 2.88. The minimum absolute atomic E-state index is 0.0783. The fraction of sp³-hybridized carbons (Fsp3) is 0.833. The summed E-state index contributed by atoms with van der Waals surface area (Å²) in [5, 5.41) is 5.64. The van der Waals surface area contributed by atoms with Crippen molar-refractivity contribution in [2.45, 2.75) is 32.7 Å². The third kappa shape index (κ3) is 3.70. The molecule has 0 radical (unpaired) electrons. The van der Waals surface area contributed by atoms with Crippen molar-refractivity contribution in [3.63, 3.8) is 0 Å². The van der Waals surface area contributed by atoms with E-state index >= 15 is 0 Å². The highest BCUT2D eigenvalue weighted by atomic mass is 16.2. The molecule has 98 valence electrons. The number of hydrogen-bond acceptors (Lipinski definition) is 3. The Morgan fingerprint density at radius 3 is 2.24 bits per heavy atom. The molecule has 0 heterocycles. The van der Waals surface area contributed by atoms with Gasteiger partial charge in [-0.2, -0.15) is 0 Å². The van der Waals surface area contributed by atoms with Crippen molar-refractivity contribution in [1.82, 2.24) is 15.5 Å². The van der Waals surface area contributed by atoms with Crippen LogP contribution in [0.1, 0.15) is 26.7 Å². The molecule has 0 spiro atoms. The van der Waals surface area contributed by atoms with Crippen LogP contribution in [0, 0.1) is 5.41 Å². The summed E-state index contributed by atoms with van der Waals surface area (Å²) in [4.78, 5) is 25.8. The first kappa shape index (κ1) is 14.0. The Balaban J connectivity index is 2.42. The van der Waals surface area contributed by atoms with E-state index in [0.717, 1.165) is 6.54 Å². The van der Waals surface area contributed by atoms with E-state index in [9.17, 15) is 9.59 Å². The normalized spacial score (nSPS) is 17.1. The highest BCUT2D eigenvalue weighted by Gasteiger charge is 2.56. The van der Waals surface area contributed by atoms with Crippen molar-refractivity contribution >= 4 is 11.8 Å². The molecular weight excluding hydrogens is 218 g/mol. The predicted octanol–water partition coefficient (Wildman–Crippen LogP) is -0.0310. The lowest BCUT2D eigenvalue weighted by molar-refractivity contribution is -0.137. The SMILES string of the molecule is CC(C)NC(=O)C1(C(=O)NCCN(C)C)CC1. The number of nitrogens with one attached hydrogen (secondary N) is 2. The summed E-state index contributed by atoms with van der Waals surface area (Å²) in [5.74, 6) is -0.257. The van der Waals surface area contributed by atoms with Gasteiger partial charge in [0, 0.05) is 19.1 Å². The van der Waals surface area contributed by atoms with Crippen molar-refractivity contribution in [2.75, 3.05) is 27.2 Å². The molecule has 0 aromatic heterocycles. The quantitative estimate of drug-likeness (QED) is 0.642. The molecule has 0 aromatic carbocycles. The van der Waals surface area contributed by atoms with Crippen molar-refractivity contribution in [2.24, 2.45) is 5.41 Å². The largest absolute Gasteiger partial charge is 0.354 e. The van der Waals surface area contributed by atoms with Crippen molar-refractivity contribution < 1.29 is 9.59 Å². The lowest BCUT2D eigenvalue weighted by Crippen LogP contribution is -2.46. The van der Waals surface area contributed by atoms with Crippen molar-refractivity contribution in [3.8, 4) is 0 Å². The summed E-state index contributed by atoms with van der Waals surface area (Å²) >= 11 is 0. The first-order valence-corrected chi connectivity index (χ1v) is 6.12. The summed E-state index contributed by atoms with van der Waals surface area (Å²) in [6.07, 6.45) is 1.33. The Labute approximate surface area is 103 Å². The zero-order valence-electron chi connectivity index (χ0n) is 11.2. The minimum atomic E-state index is -0.781. The molecule has 1 aliphatic carbocycles. The van der Waals surface area contributed by atoms with Gasteiger partial charge in [-0.05, 0) is 40.8 Å². The van der Waals surface area contributed by atoms with E-state index in [4.69, 9.17) is 0 Å². The Morgan fingerprint density at radius 2 is 1.82 bits per heavy atom. The molecular formula is C12H23N3O2. The fourth-order valence-electron chi connectivity index (χ4n) is 1.64. The van der Waals surface area contributed by atoms with Gasteiger partial charge in [0.25, 0.3) is 0 Å². The third-order valence-electron chi connectivity index (χ3n) is 2.88. The Morgan fingerprint density at radius 1 is 1.24 bits per heavy atom. The summed E-state index contributed by atoms with van der Waals surface area (Å²) < 4.78 is 0. The van der Waals surface area contributed by atoms with E-state index in [1.165, 1.54) is 0 Å². The van der Waals surface area contributed by atoms with Crippen LogP contribution in [0.25, 0.3) is 0 Å². The molecule has 2 amide bonds. The first-order valence-electron chi connectivity index (χ1n) is 6.12. The molecule has 0 bridgehead atoms. The Hall–Kier alpha value is -1.10. The Bertz CT molecular complexity index is 296. The van der Waals surface area contributed by atoms with Gasteiger partial charge in [0.15, 0.2) is 0 Å². The zero-order chi connectivity index (χ0) is 13.1. The molecule has 1 rings (SSSR count). The second-order valence-corrected chi connectivity index (χ2v) is 5.27. The number of carbonyl (C=O) groups excluding carboxylic acids is 2. The maximum atomic E-state index is 11.9. The summed E-state index contributed by atoms with van der Waals surface area (Å²) in [5.41, 5.74) is -0.781. The molecule has 2 N–H and O–H groups in total. The highest BCUT2D eigenvalue weighted by Crippen LogP contribution is 2.46. The van der Waals surface area contributed by atoms with Crippen molar-refractivity contribution in [1.29, 1.82) is 0 Å². The van der Waals surface area contributed by atoms with Crippen LogP contribution in [-0.4, -0.2) is 49.9 Å². The topological polar surface area (TPSA) is 61.4 Å². The summed E-state index contributed by atoms with van der Waals surface area (Å²) in [7, 11) is 3.90. The van der Waals surface area contributed by atoms with Crippen LogP contribution in [0.15, 0.2) is 0 Å². The van der Waals surface area contributed by atoms with Gasteiger partial charge in [-0.1, -0.05) is 0 Å². The van der Waals surface area contributed by atoms with Crippen LogP contribution in [0.2, 0.25) is 0 Å². The second-order valence-electron chi connectivity index (χ2n) is 5.27. The van der Waals surface area contributed by atoms with E-state index in [1.54, 1.807) is 0 Å². The van der Waals surface area contributed by atoms with Crippen LogP contribution in [0.3, 0.4) is 0 Å². The number of likely N-dealkylation sites (N-methyl/N-ethyl adjacent to an activating group) is 1. The van der Waals surface area contributed by atoms with Gasteiger partial charge < -0.3 is 15.5 Å². The zero-order valence-corrected chi connectivity index (χ0v) is 11.2. The van der Waals surface area contributed by atoms with Gasteiger partial charge in [-0.15, -0.1) is 0 Å². The van der Waals surface area contributed by atoms with Gasteiger partial charge >= 0.3 is 0 Å². The fourth-order valence-corrected chi connectivity index (χ4v) is 1.64. The second kappa shape index (κ2) is 5.49. The van der Waals surface area contributed by atoms with Crippen LogP contribution < -0.4 is 10.6 Å². The van der Waals surface area contributed by atoms with Crippen LogP contribution >= 0.6 is 0 Å². The molecule has 5 heteroatoms. The van der Waals surface area contributed by atoms with E-state index in [1.807, 2.05) is 32.8 Å². The number of rotatable bonds is 6. The van der Waals surface area contributed by atoms with Crippen LogP contribution in [-0.2, 0) is 9.59 Å². The van der Waals surface area contributed by atoms with E-state index in [-0.39, 0.29) is 17.9 Å². The maximum absolute atomic E-state index is 11.9. The number of hydrogen-bond donors (Lipinski definition) is 2. The molecule has 0 unspecified atom stereocenters. The smallest absolute Gasteiger partial charge is 0.235 e. The molecule has 5 nitrogen and oxygen atoms in total. The molecule has 17 heavy (non-hydrogen) atoms. The average molecular weight is 241 g/mol. The standard InChI is InChI=1S/C12H23N3O2/c1-9(2)14-11(17)12(5-6-12)10(16)13-7-8-15(3)4/h9H,5-8H2,1-4H3,(H,13,16)(H,14,17). The monoisotopic (exact) mass is 241 g/mol. The lowest BCUT2D eigenvalue weighted by Gasteiger charge is -2.18. The highest BCUT2D eigenvalue weighted by molar-refractivity contribution is 6.07. The van der Waals surface area contributed by atoms with Gasteiger partial charge in [0.2, 0.25) is 11.8 Å². The van der Waals surface area contributed by atoms with Gasteiger partial charge in [-0.3, -0.25) is 9.59 Å². The molecule has 1 saturated carbocycles. The van der Waals surface area contributed by atoms with Gasteiger partial charge in [-0.25, -0.2) is 0 Å². The van der Waals surface area contributed by atoms with Crippen LogP contribution in [0.5, 0.6) is 0 Å². The van der Waals surface area contributed by atoms with E-state index in [2.05, 4.69) is 10.6 Å². The minimum Gasteiger partial charge on any atom is -0.354 e. The maximum Gasteiger partial charge on any atom is 0.235 e.